The van der Waals surface area contributed by atoms with Crippen LogP contribution in [0.1, 0.15) is 0 Å². The van der Waals surface area contributed by atoms with Gasteiger partial charge in [0.1, 0.15) is 6.67 Å². The van der Waals surface area contributed by atoms with Crippen molar-refractivity contribution in [1.82, 2.24) is 15.4 Å². The number of rotatable bonds is 2. The summed E-state index contributed by atoms with van der Waals surface area (Å²) >= 11 is 0. The standard InChI is InChI=1S/C12H12N6O2/c1-17-12(20)18-7-13-9(10(18)15-16-17)11(19)14-8-5-3-2-4-6-8/h2-6,16H,7H2,1H3,(H,14,19). The van der Waals surface area contributed by atoms with Gasteiger partial charge in [0, 0.05) is 12.7 Å². The van der Waals surface area contributed by atoms with Gasteiger partial charge in [-0.15, -0.1) is 5.10 Å². The molecule has 8 nitrogen and oxygen atoms in total. The number of anilines is 1. The molecule has 0 saturated heterocycles. The summed E-state index contributed by atoms with van der Waals surface area (Å²) in [4.78, 5) is 29.4. The quantitative estimate of drug-likeness (QED) is 0.807. The van der Waals surface area contributed by atoms with Gasteiger partial charge in [-0.1, -0.05) is 18.2 Å². The van der Waals surface area contributed by atoms with Crippen LogP contribution < -0.4 is 10.9 Å². The van der Waals surface area contributed by atoms with Crippen LogP contribution >= 0.6 is 0 Å². The van der Waals surface area contributed by atoms with Crippen molar-refractivity contribution in [2.45, 2.75) is 0 Å². The van der Waals surface area contributed by atoms with Crippen molar-refractivity contribution in [3.8, 4) is 0 Å². The molecule has 1 aromatic carbocycles. The van der Waals surface area contributed by atoms with E-state index in [0.29, 0.717) is 5.69 Å². The van der Waals surface area contributed by atoms with Crippen molar-refractivity contribution in [3.05, 3.63) is 30.3 Å². The Hall–Kier alpha value is -2.90. The summed E-state index contributed by atoms with van der Waals surface area (Å²) in [7, 11) is 1.55. The highest BCUT2D eigenvalue weighted by Gasteiger charge is 2.37. The van der Waals surface area contributed by atoms with Gasteiger partial charge in [-0.2, -0.15) is 0 Å². The topological polar surface area (TPSA) is 89.4 Å². The third-order valence-corrected chi connectivity index (χ3v) is 2.91. The van der Waals surface area contributed by atoms with Crippen LogP contribution in [0.25, 0.3) is 0 Å². The molecule has 2 aliphatic rings. The van der Waals surface area contributed by atoms with E-state index in [9.17, 15) is 9.59 Å². The van der Waals surface area contributed by atoms with Crippen molar-refractivity contribution in [1.29, 1.82) is 0 Å². The number of fused-ring (bicyclic) bond motifs is 1. The normalized spacial score (nSPS) is 17.1. The van der Waals surface area contributed by atoms with E-state index in [2.05, 4.69) is 20.9 Å². The number of amides is 3. The first-order valence-corrected chi connectivity index (χ1v) is 5.96. The average molecular weight is 272 g/mol. The number of urea groups is 1. The molecule has 1 aromatic rings. The summed E-state index contributed by atoms with van der Waals surface area (Å²) in [5.41, 5.74) is 3.32. The Morgan fingerprint density at radius 3 is 2.85 bits per heavy atom. The minimum absolute atomic E-state index is 0.0984. The number of benzene rings is 1. The fraction of sp³-hybridized carbons (Fsp3) is 0.167. The molecule has 2 aliphatic heterocycles. The van der Waals surface area contributed by atoms with E-state index in [1.54, 1.807) is 19.2 Å². The summed E-state index contributed by atoms with van der Waals surface area (Å²) in [5, 5.41) is 7.91. The maximum atomic E-state index is 12.2. The van der Waals surface area contributed by atoms with E-state index in [4.69, 9.17) is 0 Å². The van der Waals surface area contributed by atoms with Crippen LogP contribution in [0.5, 0.6) is 0 Å². The van der Waals surface area contributed by atoms with Gasteiger partial charge in [0.05, 0.1) is 0 Å². The van der Waals surface area contributed by atoms with Crippen molar-refractivity contribution < 1.29 is 9.59 Å². The zero-order chi connectivity index (χ0) is 14.1. The average Bonchev–Trinajstić information content (AvgIpc) is 2.89. The Labute approximate surface area is 114 Å². The summed E-state index contributed by atoms with van der Waals surface area (Å²) in [6.45, 7) is 0.0984. The molecular weight excluding hydrogens is 260 g/mol. The van der Waals surface area contributed by atoms with Crippen LogP contribution in [0.3, 0.4) is 0 Å². The smallest absolute Gasteiger partial charge is 0.321 e. The summed E-state index contributed by atoms with van der Waals surface area (Å²) < 4.78 is 0. The predicted molar refractivity (Wildman–Crippen MR) is 72.9 cm³/mol. The van der Waals surface area contributed by atoms with Crippen LogP contribution in [0, 0.1) is 0 Å². The number of nitrogens with one attached hydrogen (secondary N) is 2. The molecule has 8 heteroatoms. The number of nitrogens with zero attached hydrogens (tertiary/aromatic N) is 4. The molecule has 0 atom stereocenters. The van der Waals surface area contributed by atoms with E-state index in [-0.39, 0.29) is 24.2 Å². The van der Waals surface area contributed by atoms with Crippen molar-refractivity contribution >= 4 is 29.2 Å². The minimum Gasteiger partial charge on any atom is -0.321 e. The lowest BCUT2D eigenvalue weighted by Crippen LogP contribution is -2.54. The van der Waals surface area contributed by atoms with Gasteiger partial charge in [0.2, 0.25) is 0 Å². The molecule has 0 unspecified atom stereocenters. The molecule has 0 spiro atoms. The molecule has 3 rings (SSSR count). The zero-order valence-corrected chi connectivity index (χ0v) is 10.7. The number of hydrogen-bond donors (Lipinski definition) is 2. The van der Waals surface area contributed by atoms with E-state index in [1.165, 1.54) is 9.91 Å². The molecular formula is C12H12N6O2. The molecule has 102 valence electrons. The number of aliphatic imine (C=N–C) groups is 1. The van der Waals surface area contributed by atoms with E-state index < -0.39 is 5.91 Å². The van der Waals surface area contributed by atoms with Crippen molar-refractivity contribution in [2.75, 3.05) is 19.0 Å². The Morgan fingerprint density at radius 1 is 1.35 bits per heavy atom. The lowest BCUT2D eigenvalue weighted by atomic mass is 10.2. The van der Waals surface area contributed by atoms with E-state index in [1.807, 2.05) is 18.2 Å². The monoisotopic (exact) mass is 272 g/mol. The zero-order valence-electron chi connectivity index (χ0n) is 10.7. The number of carbonyl (C=O) groups excluding carboxylic acids is 2. The number of carbonyl (C=O) groups is 2. The molecule has 0 radical (unpaired) electrons. The number of hydrazine groups is 1. The first-order valence-electron chi connectivity index (χ1n) is 5.96. The van der Waals surface area contributed by atoms with Crippen molar-refractivity contribution in [2.24, 2.45) is 10.1 Å². The number of amidine groups is 1. The van der Waals surface area contributed by atoms with Gasteiger partial charge in [0.15, 0.2) is 11.5 Å². The summed E-state index contributed by atoms with van der Waals surface area (Å²) in [6, 6.07) is 8.72. The molecule has 3 amide bonds. The maximum absolute atomic E-state index is 12.2. The van der Waals surface area contributed by atoms with Crippen molar-refractivity contribution in [3.63, 3.8) is 0 Å². The van der Waals surface area contributed by atoms with Gasteiger partial charge in [-0.25, -0.2) is 15.3 Å². The second-order valence-corrected chi connectivity index (χ2v) is 4.27. The second-order valence-electron chi connectivity index (χ2n) is 4.27. The molecule has 2 N–H and O–H groups in total. The first kappa shape index (κ1) is 12.2. The van der Waals surface area contributed by atoms with Gasteiger partial charge < -0.3 is 5.32 Å². The lowest BCUT2D eigenvalue weighted by molar-refractivity contribution is -0.110. The maximum Gasteiger partial charge on any atom is 0.346 e. The number of para-hydroxylation sites is 1. The largest absolute Gasteiger partial charge is 0.346 e. The molecule has 0 fully saturated rings. The Balaban J connectivity index is 1.79. The highest BCUT2D eigenvalue weighted by molar-refractivity contribution is 6.69. The van der Waals surface area contributed by atoms with Crippen LogP contribution in [-0.4, -0.2) is 47.1 Å². The van der Waals surface area contributed by atoms with Crippen LogP contribution in [-0.2, 0) is 4.79 Å². The minimum atomic E-state index is -0.392. The highest BCUT2D eigenvalue weighted by Crippen LogP contribution is 2.13. The summed E-state index contributed by atoms with van der Waals surface area (Å²) in [5.74, 6) is -0.155. The van der Waals surface area contributed by atoms with Crippen LogP contribution in [0.15, 0.2) is 40.4 Å². The highest BCUT2D eigenvalue weighted by atomic mass is 16.2. The molecule has 0 saturated carbocycles. The third kappa shape index (κ3) is 1.96. The van der Waals surface area contributed by atoms with Gasteiger partial charge in [0.25, 0.3) is 5.91 Å². The molecule has 0 aromatic heterocycles. The van der Waals surface area contributed by atoms with E-state index >= 15 is 0 Å². The van der Waals surface area contributed by atoms with Crippen LogP contribution in [0.4, 0.5) is 10.5 Å². The van der Waals surface area contributed by atoms with Gasteiger partial charge >= 0.3 is 6.03 Å². The van der Waals surface area contributed by atoms with Gasteiger partial charge in [-0.05, 0) is 12.1 Å². The lowest BCUT2D eigenvalue weighted by Gasteiger charge is -2.28. The van der Waals surface area contributed by atoms with E-state index in [0.717, 1.165) is 0 Å². The second kappa shape index (κ2) is 4.65. The summed E-state index contributed by atoms with van der Waals surface area (Å²) in [6.07, 6.45) is 0. The Morgan fingerprint density at radius 2 is 2.10 bits per heavy atom. The fourth-order valence-corrected chi connectivity index (χ4v) is 1.90. The molecule has 2 heterocycles. The van der Waals surface area contributed by atoms with Gasteiger partial charge in [-0.3, -0.25) is 14.7 Å². The molecule has 0 bridgehead atoms. The Kier molecular flexibility index (Phi) is 2.82. The van der Waals surface area contributed by atoms with Crippen LogP contribution in [0.2, 0.25) is 0 Å². The SMILES string of the molecule is CN1NN=C2C(C(=O)Nc3ccccc3)=NCN2C1=O. The Bertz CT molecular complexity index is 624. The number of hydrazone groups is 1. The molecule has 20 heavy (non-hydrogen) atoms. The predicted octanol–water partition coefficient (Wildman–Crippen LogP) is 0.223. The fourth-order valence-electron chi connectivity index (χ4n) is 1.90. The molecule has 0 aliphatic carbocycles. The third-order valence-electron chi connectivity index (χ3n) is 2.91. The first-order chi connectivity index (χ1) is 9.66. The number of hydrogen-bond acceptors (Lipinski definition) is 5.